The molecule has 1 amide bonds. The molecule has 0 saturated carbocycles. The zero-order chi connectivity index (χ0) is 18.4. The SMILES string of the molecule is CCNC(=NCc1ncc(CC)s1)NC1CN(C(=O)OC(C)(C)C)C1. The first-order valence-corrected chi connectivity index (χ1v) is 9.58. The van der Waals surface area contributed by atoms with Crippen molar-refractivity contribution >= 4 is 23.4 Å². The van der Waals surface area contributed by atoms with Gasteiger partial charge in [-0.3, -0.25) is 0 Å². The molecule has 1 fully saturated rings. The lowest BCUT2D eigenvalue weighted by atomic mass is 10.1. The van der Waals surface area contributed by atoms with Crippen LogP contribution >= 0.6 is 11.3 Å². The quantitative estimate of drug-likeness (QED) is 0.617. The van der Waals surface area contributed by atoms with E-state index in [0.29, 0.717) is 19.6 Å². The summed E-state index contributed by atoms with van der Waals surface area (Å²) in [5.41, 5.74) is -0.461. The molecule has 8 heteroatoms. The molecule has 25 heavy (non-hydrogen) atoms. The largest absolute Gasteiger partial charge is 0.444 e. The third-order valence-electron chi connectivity index (χ3n) is 3.54. The number of carbonyl (C=O) groups excluding carboxylic acids is 1. The Hall–Kier alpha value is -1.83. The Morgan fingerprint density at radius 2 is 2.16 bits per heavy atom. The smallest absolute Gasteiger partial charge is 0.410 e. The number of ether oxygens (including phenoxy) is 1. The average molecular weight is 368 g/mol. The number of carbonyl (C=O) groups is 1. The van der Waals surface area contributed by atoms with E-state index in [4.69, 9.17) is 4.74 Å². The Bertz CT molecular complexity index is 602. The maximum Gasteiger partial charge on any atom is 0.410 e. The fraction of sp³-hybridized carbons (Fsp3) is 0.706. The molecule has 140 valence electrons. The number of aromatic nitrogens is 1. The van der Waals surface area contributed by atoms with Gasteiger partial charge in [0.15, 0.2) is 5.96 Å². The normalized spacial score (nSPS) is 15.7. The zero-order valence-corrected chi connectivity index (χ0v) is 16.6. The second-order valence-electron chi connectivity index (χ2n) is 7.00. The van der Waals surface area contributed by atoms with Crippen LogP contribution in [0.4, 0.5) is 4.79 Å². The van der Waals surface area contributed by atoms with Crippen molar-refractivity contribution in [2.75, 3.05) is 19.6 Å². The van der Waals surface area contributed by atoms with Gasteiger partial charge in [0.25, 0.3) is 0 Å². The Labute approximate surface area is 153 Å². The van der Waals surface area contributed by atoms with Crippen molar-refractivity contribution in [1.29, 1.82) is 0 Å². The van der Waals surface area contributed by atoms with E-state index in [9.17, 15) is 4.79 Å². The number of aryl methyl sites for hydroxylation is 1. The summed E-state index contributed by atoms with van der Waals surface area (Å²) < 4.78 is 5.37. The first-order valence-electron chi connectivity index (χ1n) is 8.77. The standard InChI is InChI=1S/C17H29N5O2S/c1-6-13-8-19-14(25-13)9-20-15(18-7-2)21-12-10-22(11-12)16(23)24-17(3,4)5/h8,12H,6-7,9-11H2,1-5H3,(H2,18,20,21). The molecule has 0 unspecified atom stereocenters. The molecule has 1 saturated heterocycles. The summed E-state index contributed by atoms with van der Waals surface area (Å²) in [6, 6.07) is 0.188. The molecule has 1 aromatic rings. The molecule has 1 aliphatic heterocycles. The molecule has 1 aliphatic rings. The molecule has 0 spiro atoms. The number of thiazole rings is 1. The predicted molar refractivity (Wildman–Crippen MR) is 101 cm³/mol. The van der Waals surface area contributed by atoms with Crippen molar-refractivity contribution in [1.82, 2.24) is 20.5 Å². The summed E-state index contributed by atoms with van der Waals surface area (Å²) in [6.45, 7) is 12.4. The lowest BCUT2D eigenvalue weighted by molar-refractivity contribution is 0.00701. The van der Waals surface area contributed by atoms with Gasteiger partial charge in [-0.05, 0) is 34.1 Å². The minimum absolute atomic E-state index is 0.188. The summed E-state index contributed by atoms with van der Waals surface area (Å²) in [5.74, 6) is 0.754. The number of amides is 1. The monoisotopic (exact) mass is 367 g/mol. The summed E-state index contributed by atoms with van der Waals surface area (Å²) in [6.07, 6.45) is 2.66. The van der Waals surface area contributed by atoms with Gasteiger partial charge >= 0.3 is 6.09 Å². The second kappa shape index (κ2) is 8.51. The maximum atomic E-state index is 12.0. The second-order valence-corrected chi connectivity index (χ2v) is 8.20. The van der Waals surface area contributed by atoms with Gasteiger partial charge in [-0.15, -0.1) is 11.3 Å². The van der Waals surface area contributed by atoms with Crippen molar-refractivity contribution in [2.24, 2.45) is 4.99 Å². The van der Waals surface area contributed by atoms with Crippen LogP contribution in [0.2, 0.25) is 0 Å². The summed E-state index contributed by atoms with van der Waals surface area (Å²) in [7, 11) is 0. The van der Waals surface area contributed by atoms with Gasteiger partial charge in [-0.2, -0.15) is 0 Å². The molecular formula is C17H29N5O2S. The predicted octanol–water partition coefficient (Wildman–Crippen LogP) is 2.38. The van der Waals surface area contributed by atoms with Gasteiger partial charge in [0.2, 0.25) is 0 Å². The third kappa shape index (κ3) is 6.19. The van der Waals surface area contributed by atoms with Crippen LogP contribution in [0.1, 0.15) is 44.5 Å². The summed E-state index contributed by atoms with van der Waals surface area (Å²) in [5, 5.41) is 7.61. The highest BCUT2D eigenvalue weighted by atomic mass is 32.1. The highest BCUT2D eigenvalue weighted by Gasteiger charge is 2.34. The topological polar surface area (TPSA) is 78.9 Å². The van der Waals surface area contributed by atoms with Gasteiger partial charge in [0.05, 0.1) is 12.6 Å². The molecule has 0 aromatic carbocycles. The van der Waals surface area contributed by atoms with Crippen LogP contribution < -0.4 is 10.6 Å². The molecule has 2 heterocycles. The van der Waals surface area contributed by atoms with E-state index in [2.05, 4.69) is 27.5 Å². The zero-order valence-electron chi connectivity index (χ0n) is 15.8. The molecule has 0 bridgehead atoms. The lowest BCUT2D eigenvalue weighted by Gasteiger charge is -2.40. The highest BCUT2D eigenvalue weighted by Crippen LogP contribution is 2.16. The lowest BCUT2D eigenvalue weighted by Crippen LogP contribution is -2.63. The van der Waals surface area contributed by atoms with Crippen molar-refractivity contribution in [3.8, 4) is 0 Å². The van der Waals surface area contributed by atoms with Crippen LogP contribution in [-0.2, 0) is 17.7 Å². The van der Waals surface area contributed by atoms with Crippen molar-refractivity contribution in [2.45, 2.75) is 59.2 Å². The number of likely N-dealkylation sites (tertiary alicyclic amines) is 1. The van der Waals surface area contributed by atoms with Gasteiger partial charge < -0.3 is 20.3 Å². The van der Waals surface area contributed by atoms with Crippen LogP contribution in [0.25, 0.3) is 0 Å². The van der Waals surface area contributed by atoms with E-state index < -0.39 is 5.60 Å². The van der Waals surface area contributed by atoms with E-state index in [1.54, 1.807) is 16.2 Å². The van der Waals surface area contributed by atoms with Crippen LogP contribution in [0.5, 0.6) is 0 Å². The number of rotatable bonds is 5. The van der Waals surface area contributed by atoms with Gasteiger partial charge in [-0.1, -0.05) is 6.92 Å². The molecule has 1 aromatic heterocycles. The Morgan fingerprint density at radius 3 is 2.72 bits per heavy atom. The molecule has 7 nitrogen and oxygen atoms in total. The fourth-order valence-electron chi connectivity index (χ4n) is 2.29. The summed E-state index contributed by atoms with van der Waals surface area (Å²) >= 11 is 1.70. The van der Waals surface area contributed by atoms with E-state index in [-0.39, 0.29) is 12.1 Å². The van der Waals surface area contributed by atoms with Crippen LogP contribution in [-0.4, -0.2) is 53.2 Å². The van der Waals surface area contributed by atoms with Crippen molar-refractivity contribution < 1.29 is 9.53 Å². The molecular weight excluding hydrogens is 338 g/mol. The number of hydrogen-bond acceptors (Lipinski definition) is 5. The van der Waals surface area contributed by atoms with Crippen LogP contribution in [0, 0.1) is 0 Å². The molecule has 2 rings (SSSR count). The summed E-state index contributed by atoms with van der Waals surface area (Å²) in [4.78, 5) is 23.9. The molecule has 0 radical (unpaired) electrons. The Morgan fingerprint density at radius 1 is 1.44 bits per heavy atom. The van der Waals surface area contributed by atoms with Crippen LogP contribution in [0.15, 0.2) is 11.2 Å². The molecule has 0 atom stereocenters. The number of guanidine groups is 1. The number of nitrogens with zero attached hydrogens (tertiary/aromatic N) is 3. The molecule has 0 aliphatic carbocycles. The van der Waals surface area contributed by atoms with E-state index in [1.165, 1.54) is 4.88 Å². The first-order chi connectivity index (χ1) is 11.8. The van der Waals surface area contributed by atoms with Gasteiger partial charge in [-0.25, -0.2) is 14.8 Å². The Kier molecular flexibility index (Phi) is 6.64. The van der Waals surface area contributed by atoms with E-state index in [1.807, 2.05) is 33.9 Å². The van der Waals surface area contributed by atoms with Gasteiger partial charge in [0.1, 0.15) is 10.6 Å². The highest BCUT2D eigenvalue weighted by molar-refractivity contribution is 7.11. The van der Waals surface area contributed by atoms with E-state index >= 15 is 0 Å². The van der Waals surface area contributed by atoms with E-state index in [0.717, 1.165) is 23.9 Å². The van der Waals surface area contributed by atoms with Gasteiger partial charge in [0, 0.05) is 30.7 Å². The minimum Gasteiger partial charge on any atom is -0.444 e. The van der Waals surface area contributed by atoms with Crippen molar-refractivity contribution in [3.05, 3.63) is 16.1 Å². The average Bonchev–Trinajstić information content (AvgIpc) is 2.93. The minimum atomic E-state index is -0.461. The molecule has 2 N–H and O–H groups in total. The first kappa shape index (κ1) is 19.5. The fourth-order valence-corrected chi connectivity index (χ4v) is 3.08. The maximum absolute atomic E-state index is 12.0. The number of nitrogens with one attached hydrogen (secondary N) is 2. The number of hydrogen-bond donors (Lipinski definition) is 2. The number of aliphatic imine (C=N–C) groups is 1. The Balaban J connectivity index is 1.82. The van der Waals surface area contributed by atoms with Crippen molar-refractivity contribution in [3.63, 3.8) is 0 Å². The third-order valence-corrected chi connectivity index (χ3v) is 4.67. The van der Waals surface area contributed by atoms with Crippen LogP contribution in [0.3, 0.4) is 0 Å².